The van der Waals surface area contributed by atoms with Crippen LogP contribution >= 0.6 is 0 Å². The highest BCUT2D eigenvalue weighted by Crippen LogP contribution is 2.56. The van der Waals surface area contributed by atoms with Gasteiger partial charge in [0.15, 0.2) is 25.5 Å². The molecule has 0 bridgehead atoms. The Morgan fingerprint density at radius 3 is 1.96 bits per heavy atom. The molecule has 7 heteroatoms. The second kappa shape index (κ2) is 6.39. The quantitative estimate of drug-likeness (QED) is 0.716. The molecule has 0 amide bonds. The maximum absolute atomic E-state index is 13.5. The highest BCUT2D eigenvalue weighted by Gasteiger charge is 2.68. The molecule has 28 heavy (non-hydrogen) atoms. The Hall–Kier alpha value is -2.25. The summed E-state index contributed by atoms with van der Waals surface area (Å²) in [7, 11) is -7.93. The number of ketones is 1. The Labute approximate surface area is 164 Å². The summed E-state index contributed by atoms with van der Waals surface area (Å²) in [5.74, 6) is -1.24. The fourth-order valence-electron chi connectivity index (χ4n) is 4.73. The van der Waals surface area contributed by atoms with Crippen LogP contribution in [-0.2, 0) is 24.5 Å². The molecule has 0 N–H and O–H groups in total. The minimum absolute atomic E-state index is 0.0424. The number of hydrogen-bond acceptors (Lipinski definition) is 5. The second-order valence-corrected chi connectivity index (χ2v) is 11.7. The van der Waals surface area contributed by atoms with Gasteiger partial charge in [-0.3, -0.25) is 4.79 Å². The first kappa shape index (κ1) is 19.1. The molecule has 3 atom stereocenters. The topological polar surface area (TPSA) is 85.3 Å². The maximum atomic E-state index is 13.5. The Bertz CT molecular complexity index is 1150. The maximum Gasteiger partial charge on any atom is 0.191 e. The van der Waals surface area contributed by atoms with Gasteiger partial charge in [-0.25, -0.2) is 16.8 Å². The minimum Gasteiger partial charge on any atom is -0.298 e. The molecule has 4 rings (SSSR count). The van der Waals surface area contributed by atoms with Crippen LogP contribution in [0.2, 0.25) is 0 Å². The Kier molecular flexibility index (Phi) is 4.35. The summed E-state index contributed by atoms with van der Waals surface area (Å²) in [6.07, 6.45) is 0.135. The van der Waals surface area contributed by atoms with Gasteiger partial charge in [-0.05, 0) is 37.1 Å². The van der Waals surface area contributed by atoms with Crippen molar-refractivity contribution in [2.75, 3.05) is 0 Å². The molecule has 2 fully saturated rings. The van der Waals surface area contributed by atoms with Crippen molar-refractivity contribution in [2.24, 2.45) is 5.92 Å². The van der Waals surface area contributed by atoms with Crippen LogP contribution in [0.5, 0.6) is 0 Å². The molecule has 0 unspecified atom stereocenters. The van der Waals surface area contributed by atoms with Gasteiger partial charge in [-0.15, -0.1) is 0 Å². The number of benzene rings is 2. The summed E-state index contributed by atoms with van der Waals surface area (Å²) in [6.45, 7) is 3.90. The average molecular weight is 417 g/mol. The van der Waals surface area contributed by atoms with Crippen molar-refractivity contribution in [3.8, 4) is 0 Å². The molecular formula is C21H20O5S2. The van der Waals surface area contributed by atoms with Crippen LogP contribution < -0.4 is 0 Å². The molecule has 5 nitrogen and oxygen atoms in total. The van der Waals surface area contributed by atoms with E-state index in [1.807, 2.05) is 0 Å². The van der Waals surface area contributed by atoms with Gasteiger partial charge in [0, 0.05) is 12.3 Å². The van der Waals surface area contributed by atoms with Crippen LogP contribution in [0.1, 0.15) is 19.3 Å². The van der Waals surface area contributed by atoms with E-state index in [2.05, 4.69) is 6.58 Å². The van der Waals surface area contributed by atoms with E-state index in [-0.39, 0.29) is 29.1 Å². The molecule has 2 aromatic carbocycles. The molecule has 0 heterocycles. The van der Waals surface area contributed by atoms with Crippen LogP contribution in [0, 0.1) is 5.92 Å². The van der Waals surface area contributed by atoms with Crippen LogP contribution in [0.3, 0.4) is 0 Å². The summed E-state index contributed by atoms with van der Waals surface area (Å²) in [6, 6.07) is 15.7. The van der Waals surface area contributed by atoms with Crippen molar-refractivity contribution < 1.29 is 21.6 Å². The van der Waals surface area contributed by atoms with E-state index >= 15 is 0 Å². The zero-order valence-corrected chi connectivity index (χ0v) is 16.7. The first-order valence-corrected chi connectivity index (χ1v) is 12.1. The zero-order chi connectivity index (χ0) is 20.2. The Balaban J connectivity index is 1.89. The molecule has 0 spiro atoms. The predicted molar refractivity (Wildman–Crippen MR) is 105 cm³/mol. The van der Waals surface area contributed by atoms with E-state index in [0.717, 1.165) is 0 Å². The molecular weight excluding hydrogens is 396 g/mol. The lowest BCUT2D eigenvalue weighted by Gasteiger charge is -2.29. The van der Waals surface area contributed by atoms with Gasteiger partial charge in [0.1, 0.15) is 4.75 Å². The third kappa shape index (κ3) is 2.46. The molecule has 0 radical (unpaired) electrons. The summed E-state index contributed by atoms with van der Waals surface area (Å²) in [5.41, 5.74) is 0.293. The van der Waals surface area contributed by atoms with E-state index in [4.69, 9.17) is 0 Å². The predicted octanol–water partition coefficient (Wildman–Crippen LogP) is 2.98. The fraction of sp³-hybridized carbons (Fsp3) is 0.286. The van der Waals surface area contributed by atoms with Gasteiger partial charge >= 0.3 is 0 Å². The van der Waals surface area contributed by atoms with Crippen molar-refractivity contribution >= 4 is 25.5 Å². The average Bonchev–Trinajstić information content (AvgIpc) is 3.18. The van der Waals surface area contributed by atoms with Gasteiger partial charge in [-0.2, -0.15) is 0 Å². The molecule has 0 saturated heterocycles. The standard InChI is InChI=1S/C21H20O5S2/c1-15-14-21(28(25,26)17-10-6-3-7-11-17)18(12-13-19(21)22)20(15)27(23,24)16-8-4-2-5-9-16/h2-11,18,20H,1,12-14H2/t18-,20-,21-/m0/s1. The van der Waals surface area contributed by atoms with E-state index in [1.54, 1.807) is 36.4 Å². The molecule has 2 saturated carbocycles. The van der Waals surface area contributed by atoms with Crippen molar-refractivity contribution in [3.63, 3.8) is 0 Å². The lowest BCUT2D eigenvalue weighted by Crippen LogP contribution is -2.47. The number of carbonyl (C=O) groups is 1. The van der Waals surface area contributed by atoms with Crippen molar-refractivity contribution in [1.82, 2.24) is 0 Å². The van der Waals surface area contributed by atoms with E-state index < -0.39 is 41.4 Å². The van der Waals surface area contributed by atoms with Crippen LogP contribution in [0.4, 0.5) is 0 Å². The summed E-state index contributed by atoms with van der Waals surface area (Å²) in [5, 5.41) is -1.08. The molecule has 0 aromatic heterocycles. The summed E-state index contributed by atoms with van der Waals surface area (Å²) in [4.78, 5) is 13.1. The summed E-state index contributed by atoms with van der Waals surface area (Å²) < 4.78 is 52.0. The van der Waals surface area contributed by atoms with Crippen molar-refractivity contribution in [3.05, 3.63) is 72.8 Å². The third-order valence-corrected chi connectivity index (χ3v) is 10.7. The van der Waals surface area contributed by atoms with Crippen molar-refractivity contribution in [2.45, 2.75) is 39.1 Å². The molecule has 146 valence electrons. The smallest absolute Gasteiger partial charge is 0.191 e. The van der Waals surface area contributed by atoms with Crippen molar-refractivity contribution in [1.29, 1.82) is 0 Å². The Morgan fingerprint density at radius 1 is 0.857 bits per heavy atom. The third-order valence-electron chi connectivity index (χ3n) is 5.95. The first-order chi connectivity index (χ1) is 13.2. The summed E-state index contributed by atoms with van der Waals surface area (Å²) >= 11 is 0. The number of rotatable bonds is 4. The van der Waals surface area contributed by atoms with Crippen LogP contribution in [0.15, 0.2) is 82.6 Å². The molecule has 2 aliphatic rings. The number of sulfone groups is 2. The van der Waals surface area contributed by atoms with E-state index in [1.165, 1.54) is 24.3 Å². The van der Waals surface area contributed by atoms with E-state index in [9.17, 15) is 21.6 Å². The van der Waals surface area contributed by atoms with Gasteiger partial charge in [0.2, 0.25) is 0 Å². The molecule has 0 aliphatic heterocycles. The van der Waals surface area contributed by atoms with Gasteiger partial charge in [-0.1, -0.05) is 48.6 Å². The van der Waals surface area contributed by atoms with Crippen LogP contribution in [0.25, 0.3) is 0 Å². The van der Waals surface area contributed by atoms with Gasteiger partial charge in [0.05, 0.1) is 15.0 Å². The largest absolute Gasteiger partial charge is 0.298 e. The number of Topliss-reactive ketones (excluding diaryl/α,β-unsaturated/α-hetero) is 1. The Morgan fingerprint density at radius 2 is 1.39 bits per heavy atom. The minimum atomic E-state index is -4.07. The number of fused-ring (bicyclic) bond motifs is 1. The zero-order valence-electron chi connectivity index (χ0n) is 15.1. The molecule has 2 aromatic rings. The van der Waals surface area contributed by atoms with Gasteiger partial charge < -0.3 is 0 Å². The monoisotopic (exact) mass is 416 g/mol. The number of hydrogen-bond donors (Lipinski definition) is 0. The highest BCUT2D eigenvalue weighted by molar-refractivity contribution is 7.94. The normalized spacial score (nSPS) is 27.7. The first-order valence-electron chi connectivity index (χ1n) is 9.02. The second-order valence-electron chi connectivity index (χ2n) is 7.39. The van der Waals surface area contributed by atoms with E-state index in [0.29, 0.717) is 5.57 Å². The lowest BCUT2D eigenvalue weighted by molar-refractivity contribution is -0.119. The van der Waals surface area contributed by atoms with Crippen LogP contribution in [-0.4, -0.2) is 32.6 Å². The fourth-order valence-corrected chi connectivity index (χ4v) is 9.34. The van der Waals surface area contributed by atoms with Gasteiger partial charge in [0.25, 0.3) is 0 Å². The molecule has 2 aliphatic carbocycles. The lowest BCUT2D eigenvalue weighted by atomic mass is 9.98. The number of carbonyl (C=O) groups excluding carboxylic acids is 1. The highest BCUT2D eigenvalue weighted by atomic mass is 32.2. The SMILES string of the molecule is C=C1C[C@@]2(S(=O)(=O)c3ccccc3)C(=O)CC[C@H]2[C@H]1S(=O)(=O)c1ccccc1.